The first-order chi connectivity index (χ1) is 9.51. The molecule has 0 radical (unpaired) electrons. The van der Waals surface area contributed by atoms with Crippen LogP contribution in [0.5, 0.6) is 0 Å². The molecule has 0 amide bonds. The molecule has 0 spiro atoms. The highest BCUT2D eigenvalue weighted by Gasteiger charge is 2.38. The summed E-state index contributed by atoms with van der Waals surface area (Å²) in [5.41, 5.74) is 8.12. The third kappa shape index (κ3) is 2.11. The first-order valence-corrected chi connectivity index (χ1v) is 7.92. The number of nitrogens with zero attached hydrogens (tertiary/aromatic N) is 2. The Kier molecular flexibility index (Phi) is 3.26. The highest BCUT2D eigenvalue weighted by Crippen LogP contribution is 2.40. The van der Waals surface area contributed by atoms with Crippen molar-refractivity contribution in [1.29, 1.82) is 0 Å². The van der Waals surface area contributed by atoms with E-state index in [1.54, 1.807) is 11.3 Å². The van der Waals surface area contributed by atoms with Gasteiger partial charge in [0.2, 0.25) is 5.66 Å². The summed E-state index contributed by atoms with van der Waals surface area (Å²) in [5, 5.41) is 2.11. The number of aryl methyl sites for hydroxylation is 1. The summed E-state index contributed by atoms with van der Waals surface area (Å²) < 4.78 is 1.01. The topological polar surface area (TPSA) is 50.7 Å². The van der Waals surface area contributed by atoms with E-state index < -0.39 is 5.66 Å². The molecular weight excluding hydrogens is 334 g/mol. The van der Waals surface area contributed by atoms with Crippen LogP contribution < -0.4 is 5.73 Å². The van der Waals surface area contributed by atoms with E-state index in [0.717, 1.165) is 21.3 Å². The van der Waals surface area contributed by atoms with Crippen molar-refractivity contribution in [3.63, 3.8) is 0 Å². The summed E-state index contributed by atoms with van der Waals surface area (Å²) in [4.78, 5) is 10.7. The molecule has 0 saturated carbocycles. The molecule has 1 aromatic carbocycles. The Hall–Kier alpha value is -1.46. The minimum Gasteiger partial charge on any atom is -0.382 e. The maximum atomic E-state index is 5.98. The number of amidine groups is 1. The van der Waals surface area contributed by atoms with Crippen LogP contribution in [0.3, 0.4) is 0 Å². The van der Waals surface area contributed by atoms with Crippen LogP contribution in [-0.2, 0) is 5.66 Å². The van der Waals surface area contributed by atoms with Crippen LogP contribution in [0.1, 0.15) is 22.9 Å². The first kappa shape index (κ1) is 13.5. The Morgan fingerprint density at radius 1 is 1.15 bits per heavy atom. The summed E-state index contributed by atoms with van der Waals surface area (Å²) in [7, 11) is 0. The molecule has 1 aliphatic rings. The fraction of sp³-hybridized carbons (Fsp3) is 0.200. The predicted molar refractivity (Wildman–Crippen MR) is 88.7 cm³/mol. The van der Waals surface area contributed by atoms with Gasteiger partial charge in [-0.15, -0.1) is 11.3 Å². The highest BCUT2D eigenvalue weighted by molar-refractivity contribution is 9.10. The minimum atomic E-state index is -0.733. The summed E-state index contributed by atoms with van der Waals surface area (Å²) in [5.74, 6) is 0.508. The molecule has 3 rings (SSSR count). The van der Waals surface area contributed by atoms with E-state index in [4.69, 9.17) is 10.7 Å². The number of hydrogen-bond acceptors (Lipinski definition) is 4. The first-order valence-electron chi connectivity index (χ1n) is 6.25. The van der Waals surface area contributed by atoms with E-state index in [1.165, 1.54) is 4.88 Å². The maximum Gasteiger partial charge on any atom is 0.204 e. The predicted octanol–water partition coefficient (Wildman–Crippen LogP) is 3.85. The van der Waals surface area contributed by atoms with Crippen LogP contribution in [0, 0.1) is 6.92 Å². The molecule has 1 aliphatic heterocycles. The largest absolute Gasteiger partial charge is 0.382 e. The molecule has 0 bridgehead atoms. The van der Waals surface area contributed by atoms with E-state index >= 15 is 0 Å². The fourth-order valence-electron chi connectivity index (χ4n) is 2.34. The minimum absolute atomic E-state index is 0.508. The number of hydrogen-bond donors (Lipinski definition) is 1. The van der Waals surface area contributed by atoms with Crippen molar-refractivity contribution >= 4 is 38.8 Å². The van der Waals surface area contributed by atoms with Gasteiger partial charge in [-0.3, -0.25) is 0 Å². The quantitative estimate of drug-likeness (QED) is 0.881. The number of benzene rings is 1. The smallest absolute Gasteiger partial charge is 0.204 e. The fourth-order valence-corrected chi connectivity index (χ4v) is 3.48. The van der Waals surface area contributed by atoms with E-state index in [2.05, 4.69) is 39.3 Å². The van der Waals surface area contributed by atoms with Gasteiger partial charge in [-0.1, -0.05) is 28.1 Å². The Balaban J connectivity index is 2.26. The van der Waals surface area contributed by atoms with Crippen molar-refractivity contribution < 1.29 is 0 Å². The zero-order valence-electron chi connectivity index (χ0n) is 11.2. The van der Waals surface area contributed by atoms with Gasteiger partial charge in [0.15, 0.2) is 0 Å². The Bertz CT molecular complexity index is 712. The number of rotatable bonds is 2. The monoisotopic (exact) mass is 347 g/mol. The molecule has 5 heteroatoms. The van der Waals surface area contributed by atoms with E-state index in [-0.39, 0.29) is 0 Å². The number of halogens is 1. The van der Waals surface area contributed by atoms with Crippen molar-refractivity contribution in [3.8, 4) is 0 Å². The average molecular weight is 348 g/mol. The zero-order chi connectivity index (χ0) is 14.3. The molecule has 2 heterocycles. The van der Waals surface area contributed by atoms with Gasteiger partial charge < -0.3 is 5.73 Å². The van der Waals surface area contributed by atoms with Gasteiger partial charge in [-0.25, -0.2) is 9.98 Å². The van der Waals surface area contributed by atoms with Gasteiger partial charge in [0.25, 0.3) is 0 Å². The summed E-state index contributed by atoms with van der Waals surface area (Å²) in [6.07, 6.45) is 0. The molecule has 2 N–H and O–H groups in total. The van der Waals surface area contributed by atoms with Crippen LogP contribution in [0.25, 0.3) is 0 Å². The summed E-state index contributed by atoms with van der Waals surface area (Å²) in [6.45, 7) is 3.99. The molecule has 102 valence electrons. The van der Waals surface area contributed by atoms with Crippen molar-refractivity contribution in [2.45, 2.75) is 19.5 Å². The second kappa shape index (κ2) is 4.82. The third-order valence-corrected chi connectivity index (χ3v) is 4.70. The number of aliphatic imine (C=N–C) groups is 2. The average Bonchev–Trinajstić information content (AvgIpc) is 2.96. The van der Waals surface area contributed by atoms with Gasteiger partial charge in [0.1, 0.15) is 5.84 Å². The molecule has 2 aromatic rings. The highest BCUT2D eigenvalue weighted by atomic mass is 79.9. The SMILES string of the molecule is CC1=N[C@](c2cccc(Br)c2)(c2csc(C)c2)N=C1N. The lowest BCUT2D eigenvalue weighted by Gasteiger charge is -2.23. The molecular formula is C15H14BrN3S. The van der Waals surface area contributed by atoms with Gasteiger partial charge in [0.05, 0.1) is 5.71 Å². The van der Waals surface area contributed by atoms with Crippen LogP contribution in [0.4, 0.5) is 0 Å². The van der Waals surface area contributed by atoms with Crippen molar-refractivity contribution in [1.82, 2.24) is 0 Å². The number of nitrogens with two attached hydrogens (primary N) is 1. The lowest BCUT2D eigenvalue weighted by molar-refractivity contribution is 0.590. The van der Waals surface area contributed by atoms with E-state index in [9.17, 15) is 0 Å². The second-order valence-electron chi connectivity index (χ2n) is 4.82. The van der Waals surface area contributed by atoms with Crippen LogP contribution >= 0.6 is 27.3 Å². The van der Waals surface area contributed by atoms with Crippen molar-refractivity contribution in [2.24, 2.45) is 15.7 Å². The molecule has 20 heavy (non-hydrogen) atoms. The van der Waals surface area contributed by atoms with Crippen LogP contribution in [0.2, 0.25) is 0 Å². The van der Waals surface area contributed by atoms with Gasteiger partial charge in [-0.2, -0.15) is 0 Å². The Labute approximate surface area is 130 Å². The molecule has 0 aliphatic carbocycles. The molecule has 0 fully saturated rings. The second-order valence-corrected chi connectivity index (χ2v) is 6.85. The van der Waals surface area contributed by atoms with Gasteiger partial charge >= 0.3 is 0 Å². The van der Waals surface area contributed by atoms with E-state index in [0.29, 0.717) is 5.84 Å². The number of thiophene rings is 1. The summed E-state index contributed by atoms with van der Waals surface area (Å²) in [6, 6.07) is 10.2. The maximum absolute atomic E-state index is 5.98. The van der Waals surface area contributed by atoms with Crippen molar-refractivity contribution in [2.75, 3.05) is 0 Å². The lowest BCUT2D eigenvalue weighted by Crippen LogP contribution is -2.21. The molecule has 1 atom stereocenters. The van der Waals surface area contributed by atoms with Gasteiger partial charge in [0, 0.05) is 20.5 Å². The van der Waals surface area contributed by atoms with E-state index in [1.807, 2.05) is 31.2 Å². The molecule has 1 aromatic heterocycles. The molecule has 0 unspecified atom stereocenters. The van der Waals surface area contributed by atoms with Crippen LogP contribution in [-0.4, -0.2) is 11.5 Å². The lowest BCUT2D eigenvalue weighted by atomic mass is 9.94. The van der Waals surface area contributed by atoms with Crippen LogP contribution in [0.15, 0.2) is 50.2 Å². The molecule has 3 nitrogen and oxygen atoms in total. The zero-order valence-corrected chi connectivity index (χ0v) is 13.6. The molecule has 0 saturated heterocycles. The normalized spacial score (nSPS) is 21.8. The Morgan fingerprint density at radius 2 is 1.95 bits per heavy atom. The summed E-state index contributed by atoms with van der Waals surface area (Å²) >= 11 is 5.22. The standard InChI is InChI=1S/C15H14BrN3S/c1-9-6-12(8-20-9)15(18-10(2)14(17)19-15)11-4-3-5-13(16)7-11/h3-8H,1-2H3,(H2,17,19)/t15-/m0/s1. The Morgan fingerprint density at radius 3 is 2.50 bits per heavy atom. The van der Waals surface area contributed by atoms with Gasteiger partial charge in [-0.05, 0) is 37.4 Å². The van der Waals surface area contributed by atoms with Crippen molar-refractivity contribution in [3.05, 3.63) is 56.2 Å². The third-order valence-electron chi connectivity index (χ3n) is 3.34.